The molecule has 0 unspecified atom stereocenters. The van der Waals surface area contributed by atoms with E-state index in [1.807, 2.05) is 0 Å². The number of carbonyl (C=O) groups excluding carboxylic acids is 1. The molecule has 0 aliphatic heterocycles. The Labute approximate surface area is 130 Å². The highest BCUT2D eigenvalue weighted by Gasteiger charge is 2.15. The molecule has 2 aromatic carbocycles. The first-order valence-electron chi connectivity index (χ1n) is 6.65. The topological polar surface area (TPSA) is 135 Å². The van der Waals surface area contributed by atoms with E-state index < -0.39 is 6.09 Å². The second-order valence-electron chi connectivity index (χ2n) is 4.87. The van der Waals surface area contributed by atoms with Crippen molar-refractivity contribution >= 4 is 28.6 Å². The minimum absolute atomic E-state index is 0.0384. The van der Waals surface area contributed by atoms with Gasteiger partial charge in [0.25, 0.3) is 0 Å². The van der Waals surface area contributed by atoms with Gasteiger partial charge in [-0.2, -0.15) is 0 Å². The predicted molar refractivity (Wildman–Crippen MR) is 87.0 cm³/mol. The van der Waals surface area contributed by atoms with Crippen LogP contribution in [0.3, 0.4) is 0 Å². The number of anilines is 2. The van der Waals surface area contributed by atoms with E-state index in [2.05, 4.69) is 0 Å². The number of nitrogen functional groups attached to an aromatic ring is 2. The van der Waals surface area contributed by atoms with Crippen LogP contribution in [0.15, 0.2) is 51.7 Å². The number of amides is 1. The molecule has 0 aliphatic carbocycles. The van der Waals surface area contributed by atoms with Gasteiger partial charge in [0.15, 0.2) is 0 Å². The average molecular weight is 311 g/mol. The summed E-state index contributed by atoms with van der Waals surface area (Å²) in [5.41, 5.74) is 17.8. The number of carbonyl (C=O) groups is 1. The molecule has 0 atom stereocenters. The van der Waals surface area contributed by atoms with E-state index in [4.69, 9.17) is 26.4 Å². The number of primary amides is 1. The largest absolute Gasteiger partial charge is 0.440 e. The quantitative estimate of drug-likeness (QED) is 0.620. The summed E-state index contributed by atoms with van der Waals surface area (Å²) in [7, 11) is 0. The lowest BCUT2D eigenvalue weighted by atomic mass is 10.0. The zero-order valence-corrected chi connectivity index (χ0v) is 11.9. The van der Waals surface area contributed by atoms with Crippen LogP contribution in [0.25, 0.3) is 22.1 Å². The van der Waals surface area contributed by atoms with E-state index >= 15 is 0 Å². The van der Waals surface area contributed by atoms with Gasteiger partial charge in [-0.1, -0.05) is 12.1 Å². The molecule has 116 valence electrons. The van der Waals surface area contributed by atoms with E-state index in [1.54, 1.807) is 24.3 Å². The maximum atomic E-state index is 12.7. The van der Waals surface area contributed by atoms with Crippen LogP contribution in [0.2, 0.25) is 0 Å². The first kappa shape index (κ1) is 14.5. The van der Waals surface area contributed by atoms with Gasteiger partial charge < -0.3 is 26.4 Å². The fourth-order valence-electron chi connectivity index (χ4n) is 2.29. The first-order chi connectivity index (χ1) is 11.0. The molecule has 1 aromatic heterocycles. The summed E-state index contributed by atoms with van der Waals surface area (Å²) in [5, 5.41) is 0.308. The molecule has 3 rings (SSSR count). The minimum Gasteiger partial charge on any atom is -0.440 e. The lowest BCUT2D eigenvalue weighted by molar-refractivity contribution is 0.211. The van der Waals surface area contributed by atoms with Crippen molar-refractivity contribution < 1.29 is 13.9 Å². The van der Waals surface area contributed by atoms with Gasteiger partial charge in [-0.15, -0.1) is 0 Å². The van der Waals surface area contributed by atoms with E-state index in [9.17, 15) is 9.59 Å². The maximum Gasteiger partial charge on any atom is 0.409 e. The third-order valence-electron chi connectivity index (χ3n) is 3.31. The standard InChI is InChI=1S/C16H13N3O4/c17-9-3-1-8(2-4-9)13-14(20)11-6-5-10(22-16(19)21)7-12(11)23-15(13)18/h1-7H,17-18H2,(H2,19,21). The van der Waals surface area contributed by atoms with Crippen molar-refractivity contribution in [3.8, 4) is 16.9 Å². The normalized spacial score (nSPS) is 10.6. The molecule has 6 N–H and O–H groups in total. The van der Waals surface area contributed by atoms with Crippen molar-refractivity contribution in [2.45, 2.75) is 0 Å². The van der Waals surface area contributed by atoms with Crippen molar-refractivity contribution in [2.75, 3.05) is 11.5 Å². The molecule has 23 heavy (non-hydrogen) atoms. The van der Waals surface area contributed by atoms with Crippen LogP contribution in [0, 0.1) is 0 Å². The highest BCUT2D eigenvalue weighted by molar-refractivity contribution is 5.87. The molecule has 0 aliphatic rings. The summed E-state index contributed by atoms with van der Waals surface area (Å²) < 4.78 is 10.2. The zero-order valence-electron chi connectivity index (χ0n) is 11.9. The number of hydrogen-bond acceptors (Lipinski definition) is 6. The Hall–Kier alpha value is -3.48. The molecule has 0 saturated heterocycles. The van der Waals surface area contributed by atoms with Crippen LogP contribution in [-0.2, 0) is 0 Å². The number of nitrogens with two attached hydrogens (primary N) is 3. The van der Waals surface area contributed by atoms with Crippen LogP contribution >= 0.6 is 0 Å². The molecule has 3 aromatic rings. The Bertz CT molecular complexity index is 961. The highest BCUT2D eigenvalue weighted by Crippen LogP contribution is 2.28. The zero-order chi connectivity index (χ0) is 16.6. The van der Waals surface area contributed by atoms with Crippen LogP contribution in [0.4, 0.5) is 16.4 Å². The highest BCUT2D eigenvalue weighted by atomic mass is 16.5. The van der Waals surface area contributed by atoms with Crippen molar-refractivity contribution in [1.29, 1.82) is 0 Å². The number of benzene rings is 2. The summed E-state index contributed by atoms with van der Waals surface area (Å²) in [6.07, 6.45) is -0.960. The summed E-state index contributed by atoms with van der Waals surface area (Å²) in [4.78, 5) is 23.4. The monoisotopic (exact) mass is 311 g/mol. The Morgan fingerprint density at radius 1 is 1.04 bits per heavy atom. The second-order valence-corrected chi connectivity index (χ2v) is 4.87. The molecule has 1 amide bonds. The van der Waals surface area contributed by atoms with Crippen molar-refractivity contribution in [1.82, 2.24) is 0 Å². The molecule has 0 radical (unpaired) electrons. The molecule has 1 heterocycles. The molecule has 0 spiro atoms. The fraction of sp³-hybridized carbons (Fsp3) is 0. The van der Waals surface area contributed by atoms with Crippen LogP contribution in [0.1, 0.15) is 0 Å². The van der Waals surface area contributed by atoms with Gasteiger partial charge >= 0.3 is 6.09 Å². The van der Waals surface area contributed by atoms with Crippen LogP contribution < -0.4 is 27.4 Å². The van der Waals surface area contributed by atoms with Gasteiger partial charge in [-0.05, 0) is 29.8 Å². The lowest BCUT2D eigenvalue weighted by Crippen LogP contribution is -2.16. The Balaban J connectivity index is 2.20. The van der Waals surface area contributed by atoms with Gasteiger partial charge in [-0.3, -0.25) is 4.79 Å². The van der Waals surface area contributed by atoms with E-state index in [0.29, 0.717) is 16.6 Å². The predicted octanol–water partition coefficient (Wildman–Crippen LogP) is 2.08. The fourth-order valence-corrected chi connectivity index (χ4v) is 2.29. The number of ether oxygens (including phenoxy) is 1. The minimum atomic E-state index is -0.960. The third-order valence-corrected chi connectivity index (χ3v) is 3.31. The molecular weight excluding hydrogens is 298 g/mol. The second kappa shape index (κ2) is 5.38. The third kappa shape index (κ3) is 2.67. The van der Waals surface area contributed by atoms with Crippen molar-refractivity contribution in [3.63, 3.8) is 0 Å². The molecule has 0 bridgehead atoms. The molecule has 0 fully saturated rings. The summed E-state index contributed by atoms with van der Waals surface area (Å²) in [5.74, 6) is 0.122. The van der Waals surface area contributed by atoms with Crippen molar-refractivity contribution in [2.24, 2.45) is 5.73 Å². The van der Waals surface area contributed by atoms with E-state index in [-0.39, 0.29) is 28.2 Å². The SMILES string of the molecule is NC(=O)Oc1ccc2c(=O)c(-c3ccc(N)cc3)c(N)oc2c1. The van der Waals surface area contributed by atoms with Gasteiger partial charge in [0.05, 0.1) is 10.9 Å². The first-order valence-corrected chi connectivity index (χ1v) is 6.65. The van der Waals surface area contributed by atoms with Gasteiger partial charge in [-0.25, -0.2) is 4.79 Å². The number of rotatable bonds is 2. The number of hydrogen-bond donors (Lipinski definition) is 3. The van der Waals surface area contributed by atoms with Crippen LogP contribution in [-0.4, -0.2) is 6.09 Å². The summed E-state index contributed by atoms with van der Waals surface area (Å²) in [6.45, 7) is 0. The Morgan fingerprint density at radius 3 is 2.39 bits per heavy atom. The molecular formula is C16H13N3O4. The molecule has 0 saturated carbocycles. The summed E-state index contributed by atoms with van der Waals surface area (Å²) in [6, 6.07) is 11.0. The smallest absolute Gasteiger partial charge is 0.409 e. The van der Waals surface area contributed by atoms with Gasteiger partial charge in [0.2, 0.25) is 11.3 Å². The van der Waals surface area contributed by atoms with E-state index in [0.717, 1.165) is 0 Å². The van der Waals surface area contributed by atoms with Gasteiger partial charge in [0, 0.05) is 11.8 Å². The Morgan fingerprint density at radius 2 is 1.74 bits per heavy atom. The van der Waals surface area contributed by atoms with Gasteiger partial charge in [0.1, 0.15) is 11.3 Å². The lowest BCUT2D eigenvalue weighted by Gasteiger charge is -2.08. The number of fused-ring (bicyclic) bond motifs is 1. The van der Waals surface area contributed by atoms with Crippen molar-refractivity contribution in [3.05, 3.63) is 52.7 Å². The van der Waals surface area contributed by atoms with Crippen LogP contribution in [0.5, 0.6) is 5.75 Å². The molecule has 7 heteroatoms. The summed E-state index contributed by atoms with van der Waals surface area (Å²) >= 11 is 0. The average Bonchev–Trinajstić information content (AvgIpc) is 2.48. The Kier molecular flexibility index (Phi) is 3.38. The molecule has 7 nitrogen and oxygen atoms in total. The maximum absolute atomic E-state index is 12.7. The van der Waals surface area contributed by atoms with E-state index in [1.165, 1.54) is 18.2 Å².